The van der Waals surface area contributed by atoms with Gasteiger partial charge in [0.05, 0.1) is 16.6 Å². The summed E-state index contributed by atoms with van der Waals surface area (Å²) in [7, 11) is 0. The van der Waals surface area contributed by atoms with Crippen LogP contribution < -0.4 is 5.73 Å². The van der Waals surface area contributed by atoms with Crippen molar-refractivity contribution in [3.8, 4) is 0 Å². The van der Waals surface area contributed by atoms with Gasteiger partial charge in [-0.15, -0.1) is 0 Å². The lowest BCUT2D eigenvalue weighted by Gasteiger charge is -2.45. The Morgan fingerprint density at radius 3 is 2.38 bits per heavy atom. The van der Waals surface area contributed by atoms with E-state index in [1.807, 2.05) is 4.90 Å². The van der Waals surface area contributed by atoms with Crippen molar-refractivity contribution in [1.82, 2.24) is 19.4 Å². The van der Waals surface area contributed by atoms with Crippen molar-refractivity contribution in [1.29, 1.82) is 0 Å². The number of hydrogen-bond acceptors (Lipinski definition) is 4. The molecular weight excluding hydrogens is 542 g/mol. The van der Waals surface area contributed by atoms with Crippen LogP contribution in [-0.2, 0) is 5.41 Å². The van der Waals surface area contributed by atoms with Crippen LogP contribution in [0, 0.1) is 6.92 Å². The topological polar surface area (TPSA) is 67.4 Å². The first-order valence-electron chi connectivity index (χ1n) is 15.5. The fourth-order valence-corrected chi connectivity index (χ4v) is 8.46. The Hall–Kier alpha value is -3.35. The zero-order valence-electron chi connectivity index (χ0n) is 24.4. The fraction of sp³-hybridized carbons (Fsp3) is 0.429. The molecule has 1 aromatic heterocycles. The maximum absolute atomic E-state index is 13.4. The average Bonchev–Trinajstić information content (AvgIpc) is 3.48. The van der Waals surface area contributed by atoms with Crippen LogP contribution in [0.4, 0.5) is 5.69 Å². The number of rotatable bonds is 6. The second-order valence-corrected chi connectivity index (χ2v) is 13.1. The summed E-state index contributed by atoms with van der Waals surface area (Å²) >= 11 is 6.20. The van der Waals surface area contributed by atoms with Crippen LogP contribution in [0.5, 0.6) is 0 Å². The van der Waals surface area contributed by atoms with Crippen molar-refractivity contribution in [2.45, 2.75) is 75.4 Å². The molecule has 3 aliphatic rings. The zero-order chi connectivity index (χ0) is 28.8. The maximum atomic E-state index is 13.4. The molecule has 0 saturated carbocycles. The predicted molar refractivity (Wildman–Crippen MR) is 170 cm³/mol. The number of nitrogens with two attached hydrogens (primary N) is 1. The molecule has 4 aromatic rings. The monoisotopic (exact) mass is 581 g/mol. The first kappa shape index (κ1) is 27.5. The van der Waals surface area contributed by atoms with Crippen molar-refractivity contribution in [3.05, 3.63) is 94.8 Å². The van der Waals surface area contributed by atoms with E-state index in [1.165, 1.54) is 36.8 Å². The molecule has 0 radical (unpaired) electrons. The number of imidazole rings is 1. The van der Waals surface area contributed by atoms with Gasteiger partial charge >= 0.3 is 0 Å². The quantitative estimate of drug-likeness (QED) is 0.249. The summed E-state index contributed by atoms with van der Waals surface area (Å²) in [4.78, 5) is 23.1. The minimum atomic E-state index is -0.0147. The third kappa shape index (κ3) is 4.88. The summed E-state index contributed by atoms with van der Waals surface area (Å²) in [6.07, 6.45) is 7.98. The van der Waals surface area contributed by atoms with Gasteiger partial charge in [0.2, 0.25) is 0 Å². The summed E-state index contributed by atoms with van der Waals surface area (Å²) in [5, 5.41) is 0.540. The van der Waals surface area contributed by atoms with Crippen molar-refractivity contribution in [2.75, 3.05) is 25.4 Å². The highest BCUT2D eigenvalue weighted by molar-refractivity contribution is 6.31. The summed E-state index contributed by atoms with van der Waals surface area (Å²) in [6, 6.07) is 26.5. The van der Waals surface area contributed by atoms with E-state index in [-0.39, 0.29) is 11.3 Å². The van der Waals surface area contributed by atoms with E-state index < -0.39 is 0 Å². The van der Waals surface area contributed by atoms with Gasteiger partial charge < -0.3 is 15.2 Å². The van der Waals surface area contributed by atoms with Gasteiger partial charge in [0, 0.05) is 41.9 Å². The molecule has 3 atom stereocenters. The molecule has 7 heteroatoms. The summed E-state index contributed by atoms with van der Waals surface area (Å²) in [5.74, 6) is 1.12. The van der Waals surface area contributed by atoms with Gasteiger partial charge in [-0.05, 0) is 99.7 Å². The van der Waals surface area contributed by atoms with Crippen molar-refractivity contribution in [2.24, 2.45) is 0 Å². The maximum Gasteiger partial charge on any atom is 0.255 e. The lowest BCUT2D eigenvalue weighted by atomic mass is 9.70. The molecule has 2 bridgehead atoms. The molecule has 0 aliphatic carbocycles. The van der Waals surface area contributed by atoms with Gasteiger partial charge in [0.1, 0.15) is 5.82 Å². The number of halogens is 1. The molecular formula is C35H40ClN5O. The first-order chi connectivity index (χ1) is 20.4. The molecule has 1 unspecified atom stereocenters. The molecule has 2 N–H and O–H groups in total. The molecule has 7 rings (SSSR count). The molecule has 0 spiro atoms. The van der Waals surface area contributed by atoms with Crippen LogP contribution in [0.1, 0.15) is 72.7 Å². The van der Waals surface area contributed by atoms with Gasteiger partial charge in [-0.2, -0.15) is 0 Å². The Balaban J connectivity index is 1.07. The molecule has 3 saturated heterocycles. The molecule has 1 amide bonds. The molecule has 42 heavy (non-hydrogen) atoms. The van der Waals surface area contributed by atoms with E-state index in [4.69, 9.17) is 22.3 Å². The highest BCUT2D eigenvalue weighted by atomic mass is 35.5. The van der Waals surface area contributed by atoms with Crippen LogP contribution in [-0.4, -0.2) is 57.0 Å². The minimum absolute atomic E-state index is 0.0147. The van der Waals surface area contributed by atoms with Gasteiger partial charge in [-0.3, -0.25) is 9.69 Å². The van der Waals surface area contributed by atoms with E-state index in [0.29, 0.717) is 34.4 Å². The molecule has 6 nitrogen and oxygen atoms in total. The summed E-state index contributed by atoms with van der Waals surface area (Å²) < 4.78 is 2.52. The highest BCUT2D eigenvalue weighted by Gasteiger charge is 2.44. The molecule has 4 heterocycles. The number of fused-ring (bicyclic) bond motifs is 3. The third-order valence-corrected chi connectivity index (χ3v) is 10.7. The predicted octanol–water partition coefficient (Wildman–Crippen LogP) is 7.01. The molecule has 3 fully saturated rings. The third-order valence-electron chi connectivity index (χ3n) is 10.5. The molecule has 3 aromatic carbocycles. The van der Waals surface area contributed by atoms with E-state index in [1.54, 1.807) is 18.2 Å². The lowest BCUT2D eigenvalue weighted by Crippen LogP contribution is -2.49. The lowest BCUT2D eigenvalue weighted by molar-refractivity contribution is 0.0608. The van der Waals surface area contributed by atoms with E-state index in [0.717, 1.165) is 50.2 Å². The van der Waals surface area contributed by atoms with Crippen LogP contribution in [0.2, 0.25) is 5.02 Å². The Morgan fingerprint density at radius 1 is 0.952 bits per heavy atom. The van der Waals surface area contributed by atoms with Gasteiger partial charge in [0.25, 0.3) is 5.91 Å². The van der Waals surface area contributed by atoms with Crippen molar-refractivity contribution >= 4 is 34.2 Å². The van der Waals surface area contributed by atoms with E-state index in [9.17, 15) is 4.79 Å². The van der Waals surface area contributed by atoms with Gasteiger partial charge in [-0.1, -0.05) is 54.1 Å². The number of hydrogen-bond donors (Lipinski definition) is 1. The fourth-order valence-electron chi connectivity index (χ4n) is 8.29. The number of anilines is 1. The number of para-hydroxylation sites is 2. The number of carbonyl (C=O) groups excluding carboxylic acids is 1. The Morgan fingerprint density at radius 2 is 1.64 bits per heavy atom. The summed E-state index contributed by atoms with van der Waals surface area (Å²) in [5.41, 5.74) is 11.0. The van der Waals surface area contributed by atoms with Crippen LogP contribution in [0.15, 0.2) is 72.8 Å². The first-order valence-corrected chi connectivity index (χ1v) is 15.9. The standard InChI is InChI=1S/C35H40ClN5O/c1-24-38-32-9-5-6-10-33(32)41(24)29-22-27-12-13-28(23-29)40(27)20-17-35(25-7-3-2-4-8-25)15-18-39(19-16-35)34(42)30-21-26(36)11-14-31(30)37/h2-11,14,21,27-29H,12-13,15-20,22-23,37H2,1H3/t27-,28+,29?. The van der Waals surface area contributed by atoms with E-state index >= 15 is 0 Å². The van der Waals surface area contributed by atoms with Crippen molar-refractivity contribution < 1.29 is 4.79 Å². The Labute approximate surface area is 253 Å². The van der Waals surface area contributed by atoms with Crippen LogP contribution >= 0.6 is 11.6 Å². The molecule has 3 aliphatic heterocycles. The van der Waals surface area contributed by atoms with Crippen LogP contribution in [0.25, 0.3) is 11.0 Å². The number of aryl methyl sites for hydroxylation is 1. The number of carbonyl (C=O) groups is 1. The number of piperidine rings is 2. The van der Waals surface area contributed by atoms with Crippen LogP contribution in [0.3, 0.4) is 0 Å². The number of benzene rings is 3. The Kier molecular flexibility index (Phi) is 7.23. The second kappa shape index (κ2) is 11.1. The second-order valence-electron chi connectivity index (χ2n) is 12.7. The average molecular weight is 582 g/mol. The van der Waals surface area contributed by atoms with Crippen molar-refractivity contribution in [3.63, 3.8) is 0 Å². The minimum Gasteiger partial charge on any atom is -0.398 e. The van der Waals surface area contributed by atoms with Gasteiger partial charge in [0.15, 0.2) is 0 Å². The number of amides is 1. The Bertz CT molecular complexity index is 1580. The van der Waals surface area contributed by atoms with E-state index in [2.05, 4.69) is 71.0 Å². The smallest absolute Gasteiger partial charge is 0.255 e. The SMILES string of the molecule is Cc1nc2ccccc2n1C1C[C@H]2CC[C@@H](C1)N2CCC1(c2ccccc2)CCN(C(=O)c2cc(Cl)ccc2N)CC1. The summed E-state index contributed by atoms with van der Waals surface area (Å²) in [6.45, 7) is 4.72. The largest absolute Gasteiger partial charge is 0.398 e. The highest BCUT2D eigenvalue weighted by Crippen LogP contribution is 2.45. The zero-order valence-corrected chi connectivity index (χ0v) is 25.1. The normalized spacial score (nSPS) is 23.9. The number of aromatic nitrogens is 2. The number of nitrogens with zero attached hydrogens (tertiary/aromatic N) is 4. The number of likely N-dealkylation sites (tertiary alicyclic amines) is 1. The molecule has 218 valence electrons. The number of nitrogen functional groups attached to an aromatic ring is 1. The van der Waals surface area contributed by atoms with Gasteiger partial charge in [-0.25, -0.2) is 4.98 Å².